The second-order valence-corrected chi connectivity index (χ2v) is 7.52. The summed E-state index contributed by atoms with van der Waals surface area (Å²) in [6.45, 7) is 4.40. The number of hydrogen-bond acceptors (Lipinski definition) is 2. The smallest absolute Gasteiger partial charge is 0.151 e. The van der Waals surface area contributed by atoms with Gasteiger partial charge in [0.05, 0.1) is 5.56 Å². The number of allylic oxidation sites excluding steroid dienone is 1. The molecule has 27 heavy (non-hydrogen) atoms. The van der Waals surface area contributed by atoms with Crippen LogP contribution in [0.5, 0.6) is 0 Å². The summed E-state index contributed by atoms with van der Waals surface area (Å²) < 4.78 is 0. The summed E-state index contributed by atoms with van der Waals surface area (Å²) in [5.41, 5.74) is 3.38. The highest BCUT2D eigenvalue weighted by molar-refractivity contribution is 5.44. The highest BCUT2D eigenvalue weighted by Gasteiger charge is 2.21. The fraction of sp³-hybridized carbons (Fsp3) is 0.440. The van der Waals surface area contributed by atoms with Crippen molar-refractivity contribution in [1.82, 2.24) is 9.97 Å². The lowest BCUT2D eigenvalue weighted by Gasteiger charge is -2.28. The van der Waals surface area contributed by atoms with Gasteiger partial charge >= 0.3 is 0 Å². The lowest BCUT2D eigenvalue weighted by Crippen LogP contribution is -2.13. The van der Waals surface area contributed by atoms with E-state index >= 15 is 0 Å². The van der Waals surface area contributed by atoms with Gasteiger partial charge in [-0.25, -0.2) is 9.97 Å². The monoisotopic (exact) mass is 358 g/mol. The predicted molar refractivity (Wildman–Crippen MR) is 113 cm³/mol. The van der Waals surface area contributed by atoms with E-state index in [-0.39, 0.29) is 0 Å². The summed E-state index contributed by atoms with van der Waals surface area (Å²) in [6.07, 6.45) is 16.7. The van der Waals surface area contributed by atoms with Crippen molar-refractivity contribution in [1.29, 1.82) is 0 Å². The van der Waals surface area contributed by atoms with E-state index in [1.807, 2.05) is 6.08 Å². The normalized spacial score (nSPS) is 19.6. The minimum Gasteiger partial charge on any atom is -0.236 e. The average molecular weight is 359 g/mol. The molecule has 1 saturated carbocycles. The predicted octanol–water partition coefficient (Wildman–Crippen LogP) is 6.37. The number of nitrogens with zero attached hydrogens (tertiary/aromatic N) is 2. The largest absolute Gasteiger partial charge is 0.236 e. The molecule has 0 atom stereocenters. The van der Waals surface area contributed by atoms with Crippen molar-refractivity contribution in [2.24, 2.45) is 5.92 Å². The van der Waals surface area contributed by atoms with Gasteiger partial charge < -0.3 is 0 Å². The molecule has 1 aliphatic rings. The van der Waals surface area contributed by atoms with E-state index in [1.165, 1.54) is 44.1 Å². The molecule has 1 aromatic carbocycles. The molecule has 0 spiro atoms. The second-order valence-electron chi connectivity index (χ2n) is 7.52. The molecule has 1 heterocycles. The van der Waals surface area contributed by atoms with Gasteiger partial charge in [-0.2, -0.15) is 0 Å². The maximum Gasteiger partial charge on any atom is 0.151 e. The van der Waals surface area contributed by atoms with E-state index < -0.39 is 0 Å². The lowest BCUT2D eigenvalue weighted by molar-refractivity contribution is 0.308. The van der Waals surface area contributed by atoms with Crippen LogP contribution in [0.4, 0.5) is 0 Å². The first-order valence-electron chi connectivity index (χ1n) is 10.4. The topological polar surface area (TPSA) is 25.8 Å². The van der Waals surface area contributed by atoms with E-state index in [0.717, 1.165) is 35.2 Å². The molecule has 2 nitrogen and oxygen atoms in total. The van der Waals surface area contributed by atoms with E-state index in [2.05, 4.69) is 66.0 Å². The molecule has 0 radical (unpaired) electrons. The minimum atomic E-state index is 0.734. The van der Waals surface area contributed by atoms with Gasteiger partial charge in [-0.15, -0.1) is 0 Å². The molecule has 1 aromatic heterocycles. The number of aromatic nitrogens is 2. The fourth-order valence-electron chi connectivity index (χ4n) is 3.89. The Morgan fingerprint density at radius 3 is 2.22 bits per heavy atom. The standard InChI is InChI=1S/C25H30N2/c1-3-5-7-25-26-18-22(19-27-25)9-8-21-12-16-24(17-13-21)23-14-10-20(6-4-2)11-15-23/h5,7,12-13,16-20,23H,3-4,6,10-11,14-15H2,1-2H3. The molecular weight excluding hydrogens is 328 g/mol. The lowest BCUT2D eigenvalue weighted by atomic mass is 9.77. The van der Waals surface area contributed by atoms with Gasteiger partial charge in [0, 0.05) is 18.0 Å². The van der Waals surface area contributed by atoms with Crippen molar-refractivity contribution in [2.45, 2.75) is 64.7 Å². The van der Waals surface area contributed by atoms with Crippen LogP contribution >= 0.6 is 0 Å². The number of rotatable bonds is 5. The van der Waals surface area contributed by atoms with E-state index in [1.54, 1.807) is 12.4 Å². The molecule has 0 bridgehead atoms. The third-order valence-corrected chi connectivity index (χ3v) is 5.45. The minimum absolute atomic E-state index is 0.734. The van der Waals surface area contributed by atoms with Gasteiger partial charge in [-0.3, -0.25) is 0 Å². The summed E-state index contributed by atoms with van der Waals surface area (Å²) >= 11 is 0. The van der Waals surface area contributed by atoms with Crippen molar-refractivity contribution in [3.05, 3.63) is 65.2 Å². The van der Waals surface area contributed by atoms with Crippen LogP contribution in [0.15, 0.2) is 42.7 Å². The molecule has 0 aliphatic heterocycles. The van der Waals surface area contributed by atoms with Crippen molar-refractivity contribution in [3.8, 4) is 11.8 Å². The fourth-order valence-corrected chi connectivity index (χ4v) is 3.89. The zero-order chi connectivity index (χ0) is 18.9. The highest BCUT2D eigenvalue weighted by Crippen LogP contribution is 2.37. The molecule has 2 heteroatoms. The summed E-state index contributed by atoms with van der Waals surface area (Å²) in [6, 6.07) is 8.84. The summed E-state index contributed by atoms with van der Waals surface area (Å²) in [5, 5.41) is 0. The molecule has 1 aliphatic carbocycles. The summed E-state index contributed by atoms with van der Waals surface area (Å²) in [5.74, 6) is 8.82. The SMILES string of the molecule is CCC=Cc1ncc(C#Cc2ccc(C3CCC(CCC)CC3)cc2)cn1. The maximum atomic E-state index is 4.32. The molecule has 0 saturated heterocycles. The Labute approximate surface area is 164 Å². The molecule has 140 valence electrons. The zero-order valence-electron chi connectivity index (χ0n) is 16.6. The molecule has 3 rings (SSSR count). The van der Waals surface area contributed by atoms with Gasteiger partial charge in [-0.1, -0.05) is 56.7 Å². The Bertz CT molecular complexity index is 783. The first-order chi connectivity index (χ1) is 13.3. The van der Waals surface area contributed by atoms with Crippen LogP contribution in [0.3, 0.4) is 0 Å². The van der Waals surface area contributed by atoms with Crippen molar-refractivity contribution >= 4 is 6.08 Å². The third kappa shape index (κ3) is 5.79. The number of hydrogen-bond donors (Lipinski definition) is 0. The molecule has 1 fully saturated rings. The van der Waals surface area contributed by atoms with Gasteiger partial charge in [-0.05, 0) is 67.7 Å². The Balaban J connectivity index is 1.58. The van der Waals surface area contributed by atoms with Gasteiger partial charge in [0.15, 0.2) is 5.82 Å². The highest BCUT2D eigenvalue weighted by atomic mass is 14.8. The van der Waals surface area contributed by atoms with Gasteiger partial charge in [0.25, 0.3) is 0 Å². The third-order valence-electron chi connectivity index (χ3n) is 5.45. The van der Waals surface area contributed by atoms with E-state index in [9.17, 15) is 0 Å². The second kappa shape index (κ2) is 10.1. The van der Waals surface area contributed by atoms with Crippen LogP contribution in [0.25, 0.3) is 6.08 Å². The Kier molecular flexibility index (Phi) is 7.22. The van der Waals surface area contributed by atoms with Crippen LogP contribution in [-0.4, -0.2) is 9.97 Å². The molecular formula is C25H30N2. The van der Waals surface area contributed by atoms with Crippen LogP contribution in [0, 0.1) is 17.8 Å². The summed E-state index contributed by atoms with van der Waals surface area (Å²) in [4.78, 5) is 8.65. The first kappa shape index (κ1) is 19.4. The Morgan fingerprint density at radius 2 is 1.59 bits per heavy atom. The van der Waals surface area contributed by atoms with Crippen LogP contribution in [0.2, 0.25) is 0 Å². The van der Waals surface area contributed by atoms with Crippen LogP contribution in [-0.2, 0) is 0 Å². The van der Waals surface area contributed by atoms with Gasteiger partial charge in [0.1, 0.15) is 0 Å². The van der Waals surface area contributed by atoms with Crippen molar-refractivity contribution in [3.63, 3.8) is 0 Å². The quantitative estimate of drug-likeness (QED) is 0.580. The molecule has 0 N–H and O–H groups in total. The van der Waals surface area contributed by atoms with E-state index in [4.69, 9.17) is 0 Å². The molecule has 2 aromatic rings. The summed E-state index contributed by atoms with van der Waals surface area (Å²) in [7, 11) is 0. The Morgan fingerprint density at radius 1 is 0.926 bits per heavy atom. The van der Waals surface area contributed by atoms with Crippen molar-refractivity contribution < 1.29 is 0 Å². The van der Waals surface area contributed by atoms with Crippen molar-refractivity contribution in [2.75, 3.05) is 0 Å². The first-order valence-corrected chi connectivity index (χ1v) is 10.4. The number of benzene rings is 1. The molecule has 0 unspecified atom stereocenters. The zero-order valence-corrected chi connectivity index (χ0v) is 16.6. The average Bonchev–Trinajstić information content (AvgIpc) is 2.73. The van der Waals surface area contributed by atoms with E-state index in [0.29, 0.717) is 0 Å². The van der Waals surface area contributed by atoms with Crippen LogP contribution < -0.4 is 0 Å². The van der Waals surface area contributed by atoms with Crippen LogP contribution in [0.1, 0.15) is 87.2 Å². The Hall–Kier alpha value is -2.40. The van der Waals surface area contributed by atoms with Gasteiger partial charge in [0.2, 0.25) is 0 Å². The molecule has 0 amide bonds. The maximum absolute atomic E-state index is 4.32.